The Labute approximate surface area is 166 Å². The van der Waals surface area contributed by atoms with Crippen molar-refractivity contribution in [1.29, 1.82) is 0 Å². The molecule has 136 valence electrons. The fourth-order valence-electron chi connectivity index (χ4n) is 2.67. The Morgan fingerprint density at radius 3 is 2.41 bits per heavy atom. The zero-order valence-electron chi connectivity index (χ0n) is 13.7. The van der Waals surface area contributed by atoms with E-state index in [1.54, 1.807) is 11.8 Å². The molecule has 0 amide bonds. The van der Waals surface area contributed by atoms with E-state index in [4.69, 9.17) is 0 Å². The summed E-state index contributed by atoms with van der Waals surface area (Å²) in [5, 5.41) is 0. The number of hydrogen-bond acceptors (Lipinski definition) is 2. The number of nitrogens with one attached hydrogen (secondary N) is 1. The molecule has 7 heteroatoms. The van der Waals surface area contributed by atoms with Crippen molar-refractivity contribution in [3.05, 3.63) is 76.8 Å². The second-order valence-corrected chi connectivity index (χ2v) is 7.96. The number of aromatic amines is 1. The van der Waals surface area contributed by atoms with Crippen LogP contribution in [0.3, 0.4) is 0 Å². The van der Waals surface area contributed by atoms with Crippen molar-refractivity contribution in [2.75, 3.05) is 0 Å². The summed E-state index contributed by atoms with van der Waals surface area (Å²) < 4.78 is 39.7. The number of imidazole rings is 1. The van der Waals surface area contributed by atoms with Crippen molar-refractivity contribution >= 4 is 38.7 Å². The molecular formula is C20H12BrF3N2S. The van der Waals surface area contributed by atoms with Crippen LogP contribution in [0.1, 0.15) is 5.56 Å². The fourth-order valence-corrected chi connectivity index (χ4v) is 3.81. The van der Waals surface area contributed by atoms with E-state index in [2.05, 4.69) is 25.9 Å². The highest BCUT2D eigenvalue weighted by Crippen LogP contribution is 2.33. The van der Waals surface area contributed by atoms with E-state index < -0.39 is 11.7 Å². The minimum atomic E-state index is -4.37. The first-order valence-corrected chi connectivity index (χ1v) is 9.60. The van der Waals surface area contributed by atoms with Crippen LogP contribution in [0, 0.1) is 0 Å². The molecule has 3 aromatic carbocycles. The van der Waals surface area contributed by atoms with E-state index in [1.165, 1.54) is 6.07 Å². The lowest BCUT2D eigenvalue weighted by Gasteiger charge is -2.05. The Morgan fingerprint density at radius 1 is 0.889 bits per heavy atom. The molecule has 1 aromatic heterocycles. The minimum Gasteiger partial charge on any atom is -0.338 e. The topological polar surface area (TPSA) is 28.7 Å². The van der Waals surface area contributed by atoms with Gasteiger partial charge in [-0.3, -0.25) is 0 Å². The maximum atomic E-state index is 12.9. The highest BCUT2D eigenvalue weighted by atomic mass is 79.9. The Kier molecular flexibility index (Phi) is 4.74. The van der Waals surface area contributed by atoms with Gasteiger partial charge in [-0.05, 0) is 54.6 Å². The van der Waals surface area contributed by atoms with Gasteiger partial charge >= 0.3 is 6.18 Å². The van der Waals surface area contributed by atoms with Crippen LogP contribution in [0.4, 0.5) is 13.2 Å². The largest absolute Gasteiger partial charge is 0.416 e. The Morgan fingerprint density at radius 2 is 1.67 bits per heavy atom. The molecule has 4 rings (SSSR count). The minimum absolute atomic E-state index is 0.366. The zero-order valence-corrected chi connectivity index (χ0v) is 16.1. The van der Waals surface area contributed by atoms with Gasteiger partial charge in [-0.2, -0.15) is 13.2 Å². The molecular weight excluding hydrogens is 437 g/mol. The summed E-state index contributed by atoms with van der Waals surface area (Å²) in [6, 6.07) is 19.3. The van der Waals surface area contributed by atoms with Crippen LogP contribution < -0.4 is 0 Å². The molecule has 0 unspecified atom stereocenters. The molecule has 0 spiro atoms. The van der Waals surface area contributed by atoms with Crippen molar-refractivity contribution in [3.8, 4) is 11.4 Å². The van der Waals surface area contributed by atoms with Gasteiger partial charge < -0.3 is 4.98 Å². The summed E-state index contributed by atoms with van der Waals surface area (Å²) in [6.45, 7) is 0. The third-order valence-corrected chi connectivity index (χ3v) is 5.49. The number of benzene rings is 3. The molecule has 27 heavy (non-hydrogen) atoms. The van der Waals surface area contributed by atoms with Crippen LogP contribution in [0.2, 0.25) is 0 Å². The average molecular weight is 449 g/mol. The van der Waals surface area contributed by atoms with Crippen LogP contribution in [0.15, 0.2) is 81.0 Å². The van der Waals surface area contributed by atoms with E-state index >= 15 is 0 Å². The molecule has 0 aliphatic carbocycles. The predicted octanol–water partition coefficient (Wildman–Crippen LogP) is 7.16. The third kappa shape index (κ3) is 4.04. The third-order valence-electron chi connectivity index (χ3n) is 3.97. The van der Waals surface area contributed by atoms with Crippen molar-refractivity contribution < 1.29 is 13.2 Å². The van der Waals surface area contributed by atoms with Crippen LogP contribution in [-0.2, 0) is 6.18 Å². The van der Waals surface area contributed by atoms with Crippen molar-refractivity contribution in [3.63, 3.8) is 0 Å². The first-order valence-electron chi connectivity index (χ1n) is 7.99. The number of H-pyrrole nitrogens is 1. The van der Waals surface area contributed by atoms with Gasteiger partial charge in [0.05, 0.1) is 16.6 Å². The van der Waals surface area contributed by atoms with Gasteiger partial charge in [-0.1, -0.05) is 39.8 Å². The molecule has 0 saturated heterocycles. The molecule has 0 saturated carbocycles. The molecule has 0 radical (unpaired) electrons. The lowest BCUT2D eigenvalue weighted by molar-refractivity contribution is -0.137. The quantitative estimate of drug-likeness (QED) is 0.360. The average Bonchev–Trinajstić information content (AvgIpc) is 3.07. The molecule has 0 aliphatic heterocycles. The van der Waals surface area contributed by atoms with Gasteiger partial charge in [-0.25, -0.2) is 4.98 Å². The van der Waals surface area contributed by atoms with E-state index in [1.807, 2.05) is 48.5 Å². The molecule has 1 N–H and O–H groups in total. The zero-order chi connectivity index (χ0) is 19.0. The summed E-state index contributed by atoms with van der Waals surface area (Å²) in [5.74, 6) is 0.544. The van der Waals surface area contributed by atoms with Gasteiger partial charge in [0.2, 0.25) is 0 Å². The molecule has 0 fully saturated rings. The highest BCUT2D eigenvalue weighted by Gasteiger charge is 2.30. The molecule has 0 atom stereocenters. The first-order chi connectivity index (χ1) is 12.9. The number of aromatic nitrogens is 2. The normalized spacial score (nSPS) is 11.9. The molecule has 0 bridgehead atoms. The van der Waals surface area contributed by atoms with Crippen molar-refractivity contribution in [1.82, 2.24) is 9.97 Å². The van der Waals surface area contributed by atoms with Gasteiger partial charge in [0.25, 0.3) is 0 Å². The Hall–Kier alpha value is -2.25. The fraction of sp³-hybridized carbons (Fsp3) is 0.0500. The highest BCUT2D eigenvalue weighted by molar-refractivity contribution is 9.10. The predicted molar refractivity (Wildman–Crippen MR) is 105 cm³/mol. The smallest absolute Gasteiger partial charge is 0.338 e. The second kappa shape index (κ2) is 7.05. The van der Waals surface area contributed by atoms with E-state index in [0.717, 1.165) is 32.0 Å². The van der Waals surface area contributed by atoms with Gasteiger partial charge in [0.15, 0.2) is 0 Å². The van der Waals surface area contributed by atoms with Crippen LogP contribution in [0.5, 0.6) is 0 Å². The Bertz CT molecular complexity index is 1100. The summed E-state index contributed by atoms with van der Waals surface area (Å²) in [7, 11) is 0. The lowest BCUT2D eigenvalue weighted by atomic mass is 10.2. The van der Waals surface area contributed by atoms with Crippen molar-refractivity contribution in [2.45, 2.75) is 16.0 Å². The summed E-state index contributed by atoms with van der Waals surface area (Å²) in [5.41, 5.74) is 1.00. The first kappa shape index (κ1) is 18.1. The van der Waals surface area contributed by atoms with Crippen LogP contribution in [-0.4, -0.2) is 9.97 Å². The maximum Gasteiger partial charge on any atom is 0.416 e. The maximum absolute atomic E-state index is 12.9. The van der Waals surface area contributed by atoms with Crippen LogP contribution in [0.25, 0.3) is 22.4 Å². The number of fused-ring (bicyclic) bond motifs is 1. The van der Waals surface area contributed by atoms with E-state index in [9.17, 15) is 13.2 Å². The number of rotatable bonds is 3. The molecule has 1 heterocycles. The summed E-state index contributed by atoms with van der Waals surface area (Å²) in [4.78, 5) is 9.54. The number of nitrogens with zero attached hydrogens (tertiary/aromatic N) is 1. The number of halogens is 4. The Balaban J connectivity index is 1.66. The van der Waals surface area contributed by atoms with Gasteiger partial charge in [-0.15, -0.1) is 0 Å². The molecule has 4 aromatic rings. The molecule has 0 aliphatic rings. The number of hydrogen-bond donors (Lipinski definition) is 1. The lowest BCUT2D eigenvalue weighted by Crippen LogP contribution is -2.04. The molecule has 2 nitrogen and oxygen atoms in total. The van der Waals surface area contributed by atoms with E-state index in [0.29, 0.717) is 16.9 Å². The standard InChI is InChI=1S/C20H12BrF3N2S/c21-14-5-7-15(8-6-14)27-16-3-1-2-12(10-16)19-25-17-9-4-13(20(22,23)24)11-18(17)26-19/h1-11H,(H,25,26). The van der Waals surface area contributed by atoms with Crippen molar-refractivity contribution in [2.24, 2.45) is 0 Å². The van der Waals surface area contributed by atoms with Gasteiger partial charge in [0, 0.05) is 19.8 Å². The second-order valence-electron chi connectivity index (χ2n) is 5.90. The number of alkyl halides is 3. The van der Waals surface area contributed by atoms with E-state index in [-0.39, 0.29) is 0 Å². The SMILES string of the molecule is FC(F)(F)c1ccc2nc(-c3cccc(Sc4ccc(Br)cc4)c3)[nH]c2c1. The van der Waals surface area contributed by atoms with Gasteiger partial charge in [0.1, 0.15) is 5.82 Å². The monoisotopic (exact) mass is 448 g/mol. The van der Waals surface area contributed by atoms with Crippen LogP contribution >= 0.6 is 27.7 Å². The summed E-state index contributed by atoms with van der Waals surface area (Å²) >= 11 is 5.02. The summed E-state index contributed by atoms with van der Waals surface area (Å²) in [6.07, 6.45) is -4.37.